The van der Waals surface area contributed by atoms with E-state index in [2.05, 4.69) is 64.4 Å². The van der Waals surface area contributed by atoms with Crippen molar-refractivity contribution in [2.24, 2.45) is 4.99 Å². The number of rotatable bonds is 5. The molecule has 1 atom stereocenters. The lowest BCUT2D eigenvalue weighted by Gasteiger charge is -2.23. The van der Waals surface area contributed by atoms with E-state index in [1.165, 1.54) is 16.7 Å². The number of hydrogen-bond donors (Lipinski definition) is 1. The monoisotopic (exact) mass is 418 g/mol. The number of benzene rings is 2. The van der Waals surface area contributed by atoms with E-state index in [4.69, 9.17) is 4.74 Å². The number of ether oxygens (including phenoxy) is 1. The van der Waals surface area contributed by atoms with E-state index in [0.717, 1.165) is 39.7 Å². The molecule has 1 aliphatic heterocycles. The highest BCUT2D eigenvalue weighted by Crippen LogP contribution is 2.32. The first-order chi connectivity index (χ1) is 12.0. The van der Waals surface area contributed by atoms with Crippen LogP contribution in [0.3, 0.4) is 0 Å². The third-order valence-electron chi connectivity index (χ3n) is 4.17. The summed E-state index contributed by atoms with van der Waals surface area (Å²) in [4.78, 5) is 4.57. The number of amidine groups is 1. The molecule has 0 aromatic heterocycles. The van der Waals surface area contributed by atoms with Crippen LogP contribution in [-0.4, -0.2) is 24.6 Å². The maximum absolute atomic E-state index is 5.62. The van der Waals surface area contributed by atoms with E-state index in [1.807, 2.05) is 12.1 Å². The van der Waals surface area contributed by atoms with Crippen molar-refractivity contribution < 1.29 is 4.74 Å². The first-order valence-corrected chi connectivity index (χ1v) is 10.2. The first kappa shape index (κ1) is 18.3. The van der Waals surface area contributed by atoms with Gasteiger partial charge in [-0.2, -0.15) is 0 Å². The number of nitrogens with zero attached hydrogens (tertiary/aromatic N) is 1. The summed E-state index contributed by atoms with van der Waals surface area (Å²) in [5.41, 5.74) is 5.05. The number of thioether (sulfide) groups is 1. The summed E-state index contributed by atoms with van der Waals surface area (Å²) in [5.74, 6) is 1.95. The van der Waals surface area contributed by atoms with Gasteiger partial charge in [-0.1, -0.05) is 57.0 Å². The van der Waals surface area contributed by atoms with Gasteiger partial charge in [0.1, 0.15) is 5.75 Å². The van der Waals surface area contributed by atoms with Crippen LogP contribution >= 0.6 is 27.7 Å². The lowest BCUT2D eigenvalue weighted by Crippen LogP contribution is -2.27. The average molecular weight is 419 g/mol. The van der Waals surface area contributed by atoms with Crippen molar-refractivity contribution in [3.05, 3.63) is 63.1 Å². The van der Waals surface area contributed by atoms with E-state index >= 15 is 0 Å². The summed E-state index contributed by atoms with van der Waals surface area (Å²) < 4.78 is 6.68. The van der Waals surface area contributed by atoms with Gasteiger partial charge in [-0.3, -0.25) is 4.99 Å². The zero-order valence-corrected chi connectivity index (χ0v) is 17.2. The Morgan fingerprint density at radius 3 is 2.60 bits per heavy atom. The number of methoxy groups -OCH3 is 1. The fourth-order valence-corrected chi connectivity index (χ4v) is 4.37. The maximum Gasteiger partial charge on any atom is 0.157 e. The second-order valence-corrected chi connectivity index (χ2v) is 8.32. The van der Waals surface area contributed by atoms with E-state index in [-0.39, 0.29) is 6.04 Å². The maximum atomic E-state index is 5.62. The molecular formula is C20H23BrN2OS. The number of aliphatic imine (C=N–C) groups is 1. The Morgan fingerprint density at radius 1 is 1.20 bits per heavy atom. The molecule has 5 heteroatoms. The molecule has 1 heterocycles. The number of hydrogen-bond acceptors (Lipinski definition) is 4. The van der Waals surface area contributed by atoms with Crippen LogP contribution < -0.4 is 10.1 Å². The molecule has 0 radical (unpaired) electrons. The molecule has 0 saturated heterocycles. The standard InChI is InChI=1S/C20H23BrN2OS/c1-13-8-14(2)10-15(9-13)11-18(23-20-22-6-7-25-20)17-12-16(21)4-5-19(17)24-3/h4-5,8-10,12,18H,6-7,11H2,1-3H3,(H,22,23). The Kier molecular flexibility index (Phi) is 6.07. The fraction of sp³-hybridized carbons (Fsp3) is 0.350. The molecular weight excluding hydrogens is 396 g/mol. The summed E-state index contributed by atoms with van der Waals surface area (Å²) in [7, 11) is 1.72. The second kappa shape index (κ2) is 8.28. The fourth-order valence-electron chi connectivity index (χ4n) is 3.21. The van der Waals surface area contributed by atoms with Gasteiger partial charge in [0.2, 0.25) is 0 Å². The van der Waals surface area contributed by atoms with Crippen molar-refractivity contribution in [1.82, 2.24) is 5.32 Å². The lowest BCUT2D eigenvalue weighted by atomic mass is 9.96. The smallest absolute Gasteiger partial charge is 0.157 e. The second-order valence-electron chi connectivity index (χ2n) is 6.32. The molecule has 0 amide bonds. The summed E-state index contributed by atoms with van der Waals surface area (Å²) >= 11 is 5.38. The number of halogens is 1. The van der Waals surface area contributed by atoms with Crippen LogP contribution in [0.5, 0.6) is 5.75 Å². The summed E-state index contributed by atoms with van der Waals surface area (Å²) in [5, 5.41) is 4.66. The predicted molar refractivity (Wildman–Crippen MR) is 111 cm³/mol. The highest BCUT2D eigenvalue weighted by molar-refractivity contribution is 9.10. The van der Waals surface area contributed by atoms with Crippen molar-refractivity contribution >= 4 is 32.9 Å². The van der Waals surface area contributed by atoms with Gasteiger partial charge in [0, 0.05) is 15.8 Å². The van der Waals surface area contributed by atoms with Gasteiger partial charge in [0.25, 0.3) is 0 Å². The first-order valence-electron chi connectivity index (χ1n) is 8.39. The van der Waals surface area contributed by atoms with Gasteiger partial charge in [0.05, 0.1) is 19.7 Å². The van der Waals surface area contributed by atoms with Gasteiger partial charge < -0.3 is 10.1 Å². The van der Waals surface area contributed by atoms with Crippen molar-refractivity contribution in [3.8, 4) is 5.75 Å². The molecule has 0 spiro atoms. The van der Waals surface area contributed by atoms with Crippen LogP contribution in [-0.2, 0) is 6.42 Å². The van der Waals surface area contributed by atoms with E-state index in [1.54, 1.807) is 18.9 Å². The van der Waals surface area contributed by atoms with Crippen molar-refractivity contribution in [2.75, 3.05) is 19.4 Å². The van der Waals surface area contributed by atoms with Crippen LogP contribution in [0.1, 0.15) is 28.3 Å². The minimum atomic E-state index is 0.109. The Balaban J connectivity index is 1.95. The highest BCUT2D eigenvalue weighted by atomic mass is 79.9. The molecule has 132 valence electrons. The van der Waals surface area contributed by atoms with Crippen molar-refractivity contribution in [1.29, 1.82) is 0 Å². The van der Waals surface area contributed by atoms with Gasteiger partial charge in [0.15, 0.2) is 5.17 Å². The van der Waals surface area contributed by atoms with Gasteiger partial charge in [-0.25, -0.2) is 0 Å². The molecule has 2 aromatic rings. The van der Waals surface area contributed by atoms with E-state index in [9.17, 15) is 0 Å². The molecule has 1 unspecified atom stereocenters. The minimum Gasteiger partial charge on any atom is -0.496 e. The molecule has 0 aliphatic carbocycles. The number of aryl methyl sites for hydroxylation is 2. The minimum absolute atomic E-state index is 0.109. The lowest BCUT2D eigenvalue weighted by molar-refractivity contribution is 0.403. The summed E-state index contributed by atoms with van der Waals surface area (Å²) in [6.07, 6.45) is 0.884. The summed E-state index contributed by atoms with van der Waals surface area (Å²) in [6.45, 7) is 5.18. The highest BCUT2D eigenvalue weighted by Gasteiger charge is 2.20. The molecule has 0 saturated carbocycles. The Labute approximate surface area is 162 Å². The molecule has 0 fully saturated rings. The Morgan fingerprint density at radius 2 is 1.96 bits per heavy atom. The van der Waals surface area contributed by atoms with Crippen LogP contribution in [0.25, 0.3) is 0 Å². The molecule has 3 nitrogen and oxygen atoms in total. The van der Waals surface area contributed by atoms with E-state index < -0.39 is 0 Å². The number of nitrogens with one attached hydrogen (secondary N) is 1. The van der Waals surface area contributed by atoms with Gasteiger partial charge in [-0.15, -0.1) is 0 Å². The van der Waals surface area contributed by atoms with Crippen LogP contribution in [0, 0.1) is 13.8 Å². The Bertz CT molecular complexity index is 771. The topological polar surface area (TPSA) is 33.6 Å². The molecule has 1 N–H and O–H groups in total. The zero-order chi connectivity index (χ0) is 17.8. The average Bonchev–Trinajstić information content (AvgIpc) is 3.06. The summed E-state index contributed by atoms with van der Waals surface area (Å²) in [6, 6.07) is 13.0. The molecule has 0 bridgehead atoms. The van der Waals surface area contributed by atoms with Crippen LogP contribution in [0.4, 0.5) is 0 Å². The molecule has 3 rings (SSSR count). The SMILES string of the molecule is COc1ccc(Br)cc1C(Cc1cc(C)cc(C)c1)NC1=NCCS1. The zero-order valence-electron chi connectivity index (χ0n) is 14.8. The quantitative estimate of drug-likeness (QED) is 0.737. The largest absolute Gasteiger partial charge is 0.496 e. The Hall–Kier alpha value is -1.46. The van der Waals surface area contributed by atoms with Crippen molar-refractivity contribution in [2.45, 2.75) is 26.3 Å². The molecule has 25 heavy (non-hydrogen) atoms. The normalized spacial score (nSPS) is 15.0. The van der Waals surface area contributed by atoms with E-state index in [0.29, 0.717) is 0 Å². The van der Waals surface area contributed by atoms with Gasteiger partial charge in [-0.05, 0) is 44.0 Å². The third kappa shape index (κ3) is 4.79. The third-order valence-corrected chi connectivity index (χ3v) is 5.57. The molecule has 1 aliphatic rings. The molecule has 2 aromatic carbocycles. The van der Waals surface area contributed by atoms with Gasteiger partial charge >= 0.3 is 0 Å². The predicted octanol–water partition coefficient (Wildman–Crippen LogP) is 5.05. The van der Waals surface area contributed by atoms with Crippen LogP contribution in [0.15, 0.2) is 45.9 Å². The van der Waals surface area contributed by atoms with Crippen molar-refractivity contribution in [3.63, 3.8) is 0 Å². The van der Waals surface area contributed by atoms with Crippen LogP contribution in [0.2, 0.25) is 0 Å².